The van der Waals surface area contributed by atoms with Crippen LogP contribution in [0.15, 0.2) is 85.5 Å². The van der Waals surface area contributed by atoms with Crippen molar-refractivity contribution in [3.8, 4) is 11.1 Å². The quantitative estimate of drug-likeness (QED) is 0.477. The Balaban J connectivity index is 1.38. The van der Waals surface area contributed by atoms with Crippen LogP contribution in [0.5, 0.6) is 0 Å². The van der Waals surface area contributed by atoms with E-state index in [9.17, 15) is 14.4 Å². The van der Waals surface area contributed by atoms with Gasteiger partial charge in [0.15, 0.2) is 0 Å². The van der Waals surface area contributed by atoms with Gasteiger partial charge in [0.1, 0.15) is 13.2 Å². The third-order valence-electron chi connectivity index (χ3n) is 5.68. The lowest BCUT2D eigenvalue weighted by Crippen LogP contribution is -2.35. The molecule has 1 aliphatic rings. The molecule has 0 unspecified atom stereocenters. The number of aliphatic carboxylic acids is 1. The second-order valence-corrected chi connectivity index (χ2v) is 7.90. The van der Waals surface area contributed by atoms with Crippen molar-refractivity contribution >= 4 is 23.7 Å². The summed E-state index contributed by atoms with van der Waals surface area (Å²) in [6, 6.07) is 22.4. The summed E-state index contributed by atoms with van der Waals surface area (Å²) in [7, 11) is 0. The number of rotatable bonds is 8. The van der Waals surface area contributed by atoms with Gasteiger partial charge in [0.2, 0.25) is 0 Å². The molecule has 3 aromatic rings. The Labute approximate surface area is 197 Å². The van der Waals surface area contributed by atoms with Crippen LogP contribution in [-0.4, -0.2) is 47.7 Å². The molecule has 0 radical (unpaired) electrons. The van der Waals surface area contributed by atoms with Crippen LogP contribution in [0.2, 0.25) is 0 Å². The van der Waals surface area contributed by atoms with Crippen LogP contribution in [0.1, 0.15) is 27.4 Å². The van der Waals surface area contributed by atoms with Crippen LogP contribution in [0.25, 0.3) is 11.1 Å². The number of carbonyl (C=O) groups excluding carboxylic acids is 2. The molecule has 172 valence electrons. The van der Waals surface area contributed by atoms with E-state index in [1.54, 1.807) is 12.1 Å². The zero-order valence-electron chi connectivity index (χ0n) is 18.4. The van der Waals surface area contributed by atoms with E-state index in [1.807, 2.05) is 24.3 Å². The topological polar surface area (TPSA) is 95.9 Å². The molecule has 2 N–H and O–H groups in total. The first-order chi connectivity index (χ1) is 16.5. The summed E-state index contributed by atoms with van der Waals surface area (Å²) in [6.07, 6.45) is 0.869. The summed E-state index contributed by atoms with van der Waals surface area (Å²) >= 11 is 0. The smallest absolute Gasteiger partial charge is 0.411 e. The molecule has 7 nitrogen and oxygen atoms in total. The van der Waals surface area contributed by atoms with Crippen molar-refractivity contribution < 1.29 is 24.2 Å². The average Bonchev–Trinajstić information content (AvgIpc) is 3.16. The fourth-order valence-electron chi connectivity index (χ4n) is 4.17. The number of carboxylic acid groups (broad SMARTS) is 1. The van der Waals surface area contributed by atoms with Crippen LogP contribution in [0, 0.1) is 0 Å². The number of ether oxygens (including phenoxy) is 1. The lowest BCUT2D eigenvalue weighted by molar-refractivity contribution is -0.137. The van der Waals surface area contributed by atoms with E-state index in [-0.39, 0.29) is 19.1 Å². The maximum absolute atomic E-state index is 12.6. The Morgan fingerprint density at radius 1 is 0.941 bits per heavy atom. The number of hydrogen-bond acceptors (Lipinski definition) is 4. The summed E-state index contributed by atoms with van der Waals surface area (Å²) in [5.74, 6) is -1.58. The number of amides is 2. The van der Waals surface area contributed by atoms with Gasteiger partial charge in [-0.15, -0.1) is 6.58 Å². The standard InChI is InChI=1S/C27H24N2O5/c1-2-15-29(16-25(30)31)26(32)18-11-13-19(14-12-18)28-27(33)34-17-24-22-9-5-3-7-20(22)21-8-4-6-10-23(21)24/h2-14,24H,1,15-17H2,(H,28,33)(H,30,31). The molecule has 2 amide bonds. The van der Waals surface area contributed by atoms with Crippen molar-refractivity contribution in [3.63, 3.8) is 0 Å². The zero-order chi connectivity index (χ0) is 24.1. The molecule has 0 fully saturated rings. The minimum Gasteiger partial charge on any atom is -0.480 e. The van der Waals surface area contributed by atoms with E-state index in [1.165, 1.54) is 23.1 Å². The fourth-order valence-corrected chi connectivity index (χ4v) is 4.17. The van der Waals surface area contributed by atoms with Gasteiger partial charge in [-0.1, -0.05) is 54.6 Å². The number of carboxylic acids is 1. The van der Waals surface area contributed by atoms with Crippen molar-refractivity contribution in [2.24, 2.45) is 0 Å². The maximum Gasteiger partial charge on any atom is 0.411 e. The molecule has 3 aromatic carbocycles. The third-order valence-corrected chi connectivity index (χ3v) is 5.68. The SMILES string of the molecule is C=CCN(CC(=O)O)C(=O)c1ccc(NC(=O)OCC2c3ccccc3-c3ccccc32)cc1. The van der Waals surface area contributed by atoms with Gasteiger partial charge in [-0.2, -0.15) is 0 Å². The van der Waals surface area contributed by atoms with Gasteiger partial charge in [0.05, 0.1) is 0 Å². The van der Waals surface area contributed by atoms with Crippen LogP contribution < -0.4 is 5.32 Å². The van der Waals surface area contributed by atoms with Gasteiger partial charge in [0.25, 0.3) is 5.91 Å². The van der Waals surface area contributed by atoms with E-state index in [4.69, 9.17) is 9.84 Å². The van der Waals surface area contributed by atoms with Crippen molar-refractivity contribution in [1.29, 1.82) is 0 Å². The van der Waals surface area contributed by atoms with Crippen molar-refractivity contribution in [2.75, 3.05) is 25.0 Å². The van der Waals surface area contributed by atoms with Crippen molar-refractivity contribution in [1.82, 2.24) is 4.90 Å². The third kappa shape index (κ3) is 4.83. The summed E-state index contributed by atoms with van der Waals surface area (Å²) in [6.45, 7) is 3.44. The van der Waals surface area contributed by atoms with Crippen LogP contribution in [0.3, 0.4) is 0 Å². The maximum atomic E-state index is 12.6. The monoisotopic (exact) mass is 456 g/mol. The fraction of sp³-hybridized carbons (Fsp3) is 0.148. The summed E-state index contributed by atoms with van der Waals surface area (Å²) in [4.78, 5) is 37.2. The van der Waals surface area contributed by atoms with E-state index in [0.29, 0.717) is 11.3 Å². The molecule has 0 spiro atoms. The highest BCUT2D eigenvalue weighted by molar-refractivity contribution is 5.96. The number of fused-ring (bicyclic) bond motifs is 3. The lowest BCUT2D eigenvalue weighted by atomic mass is 9.98. The van der Waals surface area contributed by atoms with Crippen LogP contribution in [0.4, 0.5) is 10.5 Å². The van der Waals surface area contributed by atoms with Gasteiger partial charge in [-0.3, -0.25) is 14.9 Å². The largest absolute Gasteiger partial charge is 0.480 e. The van der Waals surface area contributed by atoms with Gasteiger partial charge < -0.3 is 14.7 Å². The Kier molecular flexibility index (Phi) is 6.73. The van der Waals surface area contributed by atoms with Gasteiger partial charge in [-0.05, 0) is 46.5 Å². The van der Waals surface area contributed by atoms with E-state index < -0.39 is 24.5 Å². The summed E-state index contributed by atoms with van der Waals surface area (Å²) in [5.41, 5.74) is 5.33. The zero-order valence-corrected chi connectivity index (χ0v) is 18.4. The molecule has 4 rings (SSSR count). The molecule has 0 aliphatic heterocycles. The number of carbonyl (C=O) groups is 3. The number of hydrogen-bond donors (Lipinski definition) is 2. The molecular formula is C27H24N2O5. The molecule has 7 heteroatoms. The highest BCUT2D eigenvalue weighted by atomic mass is 16.5. The van der Waals surface area contributed by atoms with Gasteiger partial charge >= 0.3 is 12.1 Å². The molecule has 34 heavy (non-hydrogen) atoms. The molecule has 0 bridgehead atoms. The minimum absolute atomic E-state index is 0.0387. The number of anilines is 1. The normalized spacial score (nSPS) is 11.8. The van der Waals surface area contributed by atoms with Crippen molar-refractivity contribution in [2.45, 2.75) is 5.92 Å². The molecule has 0 aromatic heterocycles. The predicted octanol–water partition coefficient (Wildman–Crippen LogP) is 4.76. The highest BCUT2D eigenvalue weighted by Crippen LogP contribution is 2.44. The molecule has 0 saturated heterocycles. The Morgan fingerprint density at radius 2 is 1.53 bits per heavy atom. The van der Waals surface area contributed by atoms with Gasteiger partial charge in [-0.25, -0.2) is 4.79 Å². The van der Waals surface area contributed by atoms with Gasteiger partial charge in [0, 0.05) is 23.7 Å². The lowest BCUT2D eigenvalue weighted by Gasteiger charge is -2.19. The van der Waals surface area contributed by atoms with E-state index in [2.05, 4.69) is 36.2 Å². The summed E-state index contributed by atoms with van der Waals surface area (Å²) in [5, 5.41) is 11.7. The molecule has 0 saturated carbocycles. The first kappa shape index (κ1) is 22.8. The summed E-state index contributed by atoms with van der Waals surface area (Å²) < 4.78 is 5.53. The Hall–Kier alpha value is -4.39. The molecule has 0 heterocycles. The second kappa shape index (κ2) is 10.0. The van der Waals surface area contributed by atoms with Crippen LogP contribution >= 0.6 is 0 Å². The Bertz CT molecular complexity index is 1190. The van der Waals surface area contributed by atoms with E-state index in [0.717, 1.165) is 22.3 Å². The predicted molar refractivity (Wildman–Crippen MR) is 129 cm³/mol. The minimum atomic E-state index is -1.11. The number of benzene rings is 3. The molecule has 0 atom stereocenters. The average molecular weight is 456 g/mol. The number of nitrogens with one attached hydrogen (secondary N) is 1. The Morgan fingerprint density at radius 3 is 2.09 bits per heavy atom. The van der Waals surface area contributed by atoms with Crippen molar-refractivity contribution in [3.05, 3.63) is 102 Å². The van der Waals surface area contributed by atoms with E-state index >= 15 is 0 Å². The first-order valence-corrected chi connectivity index (χ1v) is 10.8. The highest BCUT2D eigenvalue weighted by Gasteiger charge is 2.29. The second-order valence-electron chi connectivity index (χ2n) is 7.90. The first-order valence-electron chi connectivity index (χ1n) is 10.8. The molecular weight excluding hydrogens is 432 g/mol. The number of nitrogens with zero attached hydrogens (tertiary/aromatic N) is 1. The molecule has 1 aliphatic carbocycles. The van der Waals surface area contributed by atoms with Crippen LogP contribution in [-0.2, 0) is 9.53 Å².